The van der Waals surface area contributed by atoms with E-state index >= 15 is 0 Å². The van der Waals surface area contributed by atoms with Gasteiger partial charge in [0.25, 0.3) is 0 Å². The standard InChI is InChI=1S/C27H24/c1-19-10-8-14-22(18-19)27(21-12-4-3-5-13-21)24-16-7-6-15-23(24)26-20(2)11-9-17-25(26)27/h3-17,19H,18H2,1-2H3. The molecule has 3 aromatic rings. The summed E-state index contributed by atoms with van der Waals surface area (Å²) in [5, 5.41) is 0. The van der Waals surface area contributed by atoms with Gasteiger partial charge in [-0.15, -0.1) is 0 Å². The lowest BCUT2D eigenvalue weighted by molar-refractivity contribution is 0.615. The fourth-order valence-electron chi connectivity index (χ4n) is 5.16. The number of hydrogen-bond donors (Lipinski definition) is 0. The molecule has 0 aromatic heterocycles. The van der Waals surface area contributed by atoms with Crippen LogP contribution in [-0.2, 0) is 5.41 Å². The Morgan fingerprint density at radius 1 is 0.815 bits per heavy atom. The highest BCUT2D eigenvalue weighted by molar-refractivity contribution is 5.87. The average molecular weight is 348 g/mol. The molecule has 0 heterocycles. The van der Waals surface area contributed by atoms with Gasteiger partial charge in [0.05, 0.1) is 5.41 Å². The van der Waals surface area contributed by atoms with Crippen LogP contribution in [0.5, 0.6) is 0 Å². The van der Waals surface area contributed by atoms with Gasteiger partial charge >= 0.3 is 0 Å². The van der Waals surface area contributed by atoms with Gasteiger partial charge in [0.15, 0.2) is 0 Å². The normalized spacial score (nSPS) is 22.9. The SMILES string of the molecule is Cc1cccc2c1-c1ccccc1C2(C1=CC=CC(C)C1)c1ccccc1. The highest BCUT2D eigenvalue weighted by atomic mass is 14.5. The third-order valence-corrected chi connectivity index (χ3v) is 6.24. The van der Waals surface area contributed by atoms with E-state index in [9.17, 15) is 0 Å². The molecule has 0 spiro atoms. The van der Waals surface area contributed by atoms with Crippen LogP contribution in [0.15, 0.2) is 96.6 Å². The fourth-order valence-corrected chi connectivity index (χ4v) is 5.16. The molecule has 0 nitrogen and oxygen atoms in total. The zero-order valence-corrected chi connectivity index (χ0v) is 15.9. The average Bonchev–Trinajstić information content (AvgIpc) is 3.01. The second-order valence-electron chi connectivity index (χ2n) is 7.92. The Kier molecular flexibility index (Phi) is 3.68. The lowest BCUT2D eigenvalue weighted by Crippen LogP contribution is -2.31. The molecule has 5 rings (SSSR count). The minimum atomic E-state index is -0.196. The second kappa shape index (κ2) is 6.09. The van der Waals surface area contributed by atoms with Crippen molar-refractivity contribution >= 4 is 0 Å². The Morgan fingerprint density at radius 3 is 2.37 bits per heavy atom. The quantitative estimate of drug-likeness (QED) is 0.476. The highest BCUT2D eigenvalue weighted by Crippen LogP contribution is 2.58. The first-order chi connectivity index (χ1) is 13.2. The molecule has 0 bridgehead atoms. The van der Waals surface area contributed by atoms with Gasteiger partial charge in [-0.1, -0.05) is 104 Å². The molecular formula is C27H24. The van der Waals surface area contributed by atoms with Crippen molar-refractivity contribution in [2.45, 2.75) is 25.7 Å². The molecule has 0 N–H and O–H groups in total. The van der Waals surface area contributed by atoms with Crippen molar-refractivity contribution in [1.29, 1.82) is 0 Å². The lowest BCUT2D eigenvalue weighted by Gasteiger charge is -2.37. The smallest absolute Gasteiger partial charge is 0.0676 e. The van der Waals surface area contributed by atoms with E-state index in [2.05, 4.69) is 105 Å². The summed E-state index contributed by atoms with van der Waals surface area (Å²) in [5.41, 5.74) is 9.70. The minimum absolute atomic E-state index is 0.196. The third-order valence-electron chi connectivity index (χ3n) is 6.24. The van der Waals surface area contributed by atoms with E-state index in [0.29, 0.717) is 5.92 Å². The zero-order valence-electron chi connectivity index (χ0n) is 15.9. The molecule has 3 aromatic carbocycles. The number of allylic oxidation sites excluding steroid dienone is 4. The number of aryl methyl sites for hydroxylation is 1. The minimum Gasteiger partial charge on any atom is -0.0814 e. The van der Waals surface area contributed by atoms with Crippen LogP contribution < -0.4 is 0 Å². The first-order valence-corrected chi connectivity index (χ1v) is 9.86. The van der Waals surface area contributed by atoms with Gasteiger partial charge in [-0.2, -0.15) is 0 Å². The van der Waals surface area contributed by atoms with E-state index in [0.717, 1.165) is 6.42 Å². The summed E-state index contributed by atoms with van der Waals surface area (Å²) in [5.74, 6) is 0.562. The maximum absolute atomic E-state index is 2.36. The molecular weight excluding hydrogens is 324 g/mol. The highest BCUT2D eigenvalue weighted by Gasteiger charge is 2.47. The van der Waals surface area contributed by atoms with Crippen molar-refractivity contribution in [2.24, 2.45) is 5.92 Å². The molecule has 0 heteroatoms. The summed E-state index contributed by atoms with van der Waals surface area (Å²) in [6.07, 6.45) is 8.03. The number of fused-ring (bicyclic) bond motifs is 3. The Balaban J connectivity index is 1.94. The molecule has 132 valence electrons. The van der Waals surface area contributed by atoms with Crippen molar-refractivity contribution in [1.82, 2.24) is 0 Å². The van der Waals surface area contributed by atoms with Crippen LogP contribution >= 0.6 is 0 Å². The molecule has 0 aliphatic heterocycles. The maximum atomic E-state index is 2.36. The maximum Gasteiger partial charge on any atom is 0.0676 e. The van der Waals surface area contributed by atoms with Gasteiger partial charge < -0.3 is 0 Å². The van der Waals surface area contributed by atoms with E-state index in [1.165, 1.54) is 39.0 Å². The predicted octanol–water partition coefficient (Wildman–Crippen LogP) is 6.83. The first-order valence-electron chi connectivity index (χ1n) is 9.86. The molecule has 0 fully saturated rings. The molecule has 0 saturated heterocycles. The molecule has 0 amide bonds. The number of rotatable bonds is 2. The lowest BCUT2D eigenvalue weighted by atomic mass is 9.64. The van der Waals surface area contributed by atoms with Crippen molar-refractivity contribution in [2.75, 3.05) is 0 Å². The predicted molar refractivity (Wildman–Crippen MR) is 114 cm³/mol. The van der Waals surface area contributed by atoms with Crippen molar-refractivity contribution < 1.29 is 0 Å². The van der Waals surface area contributed by atoms with E-state index in [4.69, 9.17) is 0 Å². The second-order valence-corrected chi connectivity index (χ2v) is 7.92. The summed E-state index contributed by atoms with van der Waals surface area (Å²) in [7, 11) is 0. The van der Waals surface area contributed by atoms with E-state index in [1.54, 1.807) is 0 Å². The fraction of sp³-hybridized carbons (Fsp3) is 0.185. The van der Waals surface area contributed by atoms with Gasteiger partial charge in [0, 0.05) is 0 Å². The molecule has 27 heavy (non-hydrogen) atoms. The van der Waals surface area contributed by atoms with E-state index in [-0.39, 0.29) is 5.41 Å². The van der Waals surface area contributed by atoms with Crippen LogP contribution in [0.1, 0.15) is 35.6 Å². The summed E-state index contributed by atoms with van der Waals surface area (Å²) < 4.78 is 0. The molecule has 2 atom stereocenters. The van der Waals surface area contributed by atoms with Gasteiger partial charge in [-0.25, -0.2) is 0 Å². The van der Waals surface area contributed by atoms with E-state index in [1.807, 2.05) is 0 Å². The number of hydrogen-bond acceptors (Lipinski definition) is 0. The van der Waals surface area contributed by atoms with Crippen LogP contribution in [-0.4, -0.2) is 0 Å². The molecule has 2 aliphatic rings. The van der Waals surface area contributed by atoms with Crippen molar-refractivity contribution in [3.05, 3.63) is 119 Å². The Bertz CT molecular complexity index is 1070. The van der Waals surface area contributed by atoms with Crippen LogP contribution in [0.4, 0.5) is 0 Å². The zero-order chi connectivity index (χ0) is 18.4. The van der Waals surface area contributed by atoms with Gasteiger partial charge in [-0.3, -0.25) is 0 Å². The van der Waals surface area contributed by atoms with Crippen LogP contribution in [0, 0.1) is 12.8 Å². The van der Waals surface area contributed by atoms with Gasteiger partial charge in [-0.05, 0) is 52.6 Å². The topological polar surface area (TPSA) is 0 Å². The van der Waals surface area contributed by atoms with Crippen LogP contribution in [0.2, 0.25) is 0 Å². The summed E-state index contributed by atoms with van der Waals surface area (Å²) in [6.45, 7) is 4.56. The van der Waals surface area contributed by atoms with Crippen LogP contribution in [0.3, 0.4) is 0 Å². The Hall–Kier alpha value is -2.86. The number of benzene rings is 3. The van der Waals surface area contributed by atoms with Crippen LogP contribution in [0.25, 0.3) is 11.1 Å². The molecule has 0 saturated carbocycles. The van der Waals surface area contributed by atoms with Crippen molar-refractivity contribution in [3.8, 4) is 11.1 Å². The largest absolute Gasteiger partial charge is 0.0814 e. The van der Waals surface area contributed by atoms with Crippen molar-refractivity contribution in [3.63, 3.8) is 0 Å². The summed E-state index contributed by atoms with van der Waals surface area (Å²) in [6, 6.07) is 26.9. The third kappa shape index (κ3) is 2.23. The molecule has 2 aliphatic carbocycles. The summed E-state index contributed by atoms with van der Waals surface area (Å²) >= 11 is 0. The van der Waals surface area contributed by atoms with Gasteiger partial charge in [0.1, 0.15) is 0 Å². The summed E-state index contributed by atoms with van der Waals surface area (Å²) in [4.78, 5) is 0. The van der Waals surface area contributed by atoms with Gasteiger partial charge in [0.2, 0.25) is 0 Å². The Morgan fingerprint density at radius 2 is 1.56 bits per heavy atom. The monoisotopic (exact) mass is 348 g/mol. The molecule has 0 radical (unpaired) electrons. The van der Waals surface area contributed by atoms with E-state index < -0.39 is 0 Å². The molecule has 2 unspecified atom stereocenters. The first kappa shape index (κ1) is 16.3. The Labute approximate surface area is 161 Å².